The van der Waals surface area contributed by atoms with Gasteiger partial charge in [-0.2, -0.15) is 0 Å². The normalized spacial score (nSPS) is 20.2. The fourth-order valence-corrected chi connectivity index (χ4v) is 3.14. The number of hydrogen-bond acceptors (Lipinski definition) is 2. The number of nitrogens with zero attached hydrogens (tertiary/aromatic N) is 1. The number of nitrogens with one attached hydrogen (secondary N) is 1. The maximum absolute atomic E-state index is 13.2. The molecule has 0 radical (unpaired) electrons. The first-order valence-corrected chi connectivity index (χ1v) is 7.89. The first-order valence-electron chi connectivity index (χ1n) is 7.89. The van der Waals surface area contributed by atoms with Crippen LogP contribution in [0.15, 0.2) is 54.6 Å². The zero-order valence-electron chi connectivity index (χ0n) is 13.4. The van der Waals surface area contributed by atoms with Crippen molar-refractivity contribution in [1.82, 2.24) is 10.2 Å². The molecule has 0 spiro atoms. The van der Waals surface area contributed by atoms with Crippen LogP contribution in [0, 0.1) is 11.7 Å². The van der Waals surface area contributed by atoms with Crippen molar-refractivity contribution in [2.24, 2.45) is 5.92 Å². The topological polar surface area (TPSA) is 49.4 Å². The predicted octanol–water partition coefficient (Wildman–Crippen LogP) is 2.66. The molecule has 0 bridgehead atoms. The molecule has 2 aromatic carbocycles. The molecular weight excluding hydrogens is 307 g/mol. The monoisotopic (exact) mass is 326 g/mol. The van der Waals surface area contributed by atoms with Crippen molar-refractivity contribution in [3.8, 4) is 0 Å². The Labute approximate surface area is 140 Å². The van der Waals surface area contributed by atoms with Gasteiger partial charge in [-0.1, -0.05) is 42.5 Å². The van der Waals surface area contributed by atoms with Crippen LogP contribution < -0.4 is 5.32 Å². The van der Waals surface area contributed by atoms with Crippen molar-refractivity contribution in [3.05, 3.63) is 71.5 Å². The van der Waals surface area contributed by atoms with Crippen molar-refractivity contribution in [2.45, 2.75) is 19.0 Å². The van der Waals surface area contributed by atoms with E-state index < -0.39 is 5.92 Å². The molecule has 0 aromatic heterocycles. The van der Waals surface area contributed by atoms with E-state index in [1.807, 2.05) is 30.3 Å². The Bertz CT molecular complexity index is 731. The van der Waals surface area contributed by atoms with Gasteiger partial charge in [-0.05, 0) is 23.3 Å². The van der Waals surface area contributed by atoms with E-state index in [0.29, 0.717) is 6.54 Å². The van der Waals surface area contributed by atoms with Crippen LogP contribution in [0.25, 0.3) is 0 Å². The van der Waals surface area contributed by atoms with Gasteiger partial charge in [0, 0.05) is 20.0 Å². The predicted molar refractivity (Wildman–Crippen MR) is 88.3 cm³/mol. The maximum Gasteiger partial charge on any atom is 0.226 e. The summed E-state index contributed by atoms with van der Waals surface area (Å²) in [5, 5.41) is 2.90. The number of carbonyl (C=O) groups excluding carboxylic acids is 2. The number of benzene rings is 2. The van der Waals surface area contributed by atoms with Crippen LogP contribution in [-0.2, 0) is 16.1 Å². The quantitative estimate of drug-likeness (QED) is 0.939. The lowest BCUT2D eigenvalue weighted by molar-refractivity contribution is -0.128. The largest absolute Gasteiger partial charge is 0.352 e. The van der Waals surface area contributed by atoms with Crippen LogP contribution in [-0.4, -0.2) is 23.8 Å². The summed E-state index contributed by atoms with van der Waals surface area (Å²) < 4.78 is 13.2. The van der Waals surface area contributed by atoms with Crippen molar-refractivity contribution in [1.29, 1.82) is 0 Å². The van der Waals surface area contributed by atoms with E-state index in [2.05, 4.69) is 5.32 Å². The van der Waals surface area contributed by atoms with E-state index >= 15 is 0 Å². The van der Waals surface area contributed by atoms with Gasteiger partial charge in [0.1, 0.15) is 5.82 Å². The Morgan fingerprint density at radius 1 is 1.17 bits per heavy atom. The van der Waals surface area contributed by atoms with E-state index in [0.717, 1.165) is 11.1 Å². The van der Waals surface area contributed by atoms with Gasteiger partial charge in [-0.3, -0.25) is 9.59 Å². The number of carbonyl (C=O) groups is 2. The molecular formula is C19H19FN2O2. The molecule has 3 rings (SSSR count). The number of halogens is 1. The zero-order chi connectivity index (χ0) is 17.1. The summed E-state index contributed by atoms with van der Waals surface area (Å²) in [5.41, 5.74) is 1.77. The van der Waals surface area contributed by atoms with Gasteiger partial charge < -0.3 is 10.2 Å². The molecule has 1 saturated heterocycles. The molecule has 0 saturated carbocycles. The minimum Gasteiger partial charge on any atom is -0.352 e. The minimum absolute atomic E-state index is 0.0795. The van der Waals surface area contributed by atoms with Gasteiger partial charge in [0.05, 0.1) is 12.0 Å². The Morgan fingerprint density at radius 2 is 1.83 bits per heavy atom. The first kappa shape index (κ1) is 16.2. The second-order valence-electron chi connectivity index (χ2n) is 6.02. The second-order valence-corrected chi connectivity index (χ2v) is 6.02. The van der Waals surface area contributed by atoms with Crippen LogP contribution in [0.3, 0.4) is 0 Å². The van der Waals surface area contributed by atoms with Crippen LogP contribution in [0.1, 0.15) is 23.6 Å². The highest BCUT2D eigenvalue weighted by molar-refractivity contribution is 5.90. The summed E-state index contributed by atoms with van der Waals surface area (Å²) in [6.07, 6.45) is 0.166. The van der Waals surface area contributed by atoms with Gasteiger partial charge >= 0.3 is 0 Å². The molecule has 0 aliphatic carbocycles. The molecule has 4 nitrogen and oxygen atoms in total. The SMILES string of the molecule is CN1C(=O)C[C@H](C(=O)NCc2ccccc2)[C@@H]1c1ccc(F)cc1. The van der Waals surface area contributed by atoms with Gasteiger partial charge in [-0.25, -0.2) is 4.39 Å². The maximum atomic E-state index is 13.2. The number of rotatable bonds is 4. The van der Waals surface area contributed by atoms with Crippen molar-refractivity contribution in [2.75, 3.05) is 7.05 Å². The van der Waals surface area contributed by atoms with Gasteiger partial charge in [0.15, 0.2) is 0 Å². The first-order chi connectivity index (χ1) is 11.6. The van der Waals surface area contributed by atoms with Crippen molar-refractivity contribution >= 4 is 11.8 Å². The molecule has 1 aliphatic rings. The highest BCUT2D eigenvalue weighted by atomic mass is 19.1. The summed E-state index contributed by atoms with van der Waals surface area (Å²) >= 11 is 0. The minimum atomic E-state index is -0.475. The molecule has 5 heteroatoms. The van der Waals surface area contributed by atoms with Crippen LogP contribution >= 0.6 is 0 Å². The van der Waals surface area contributed by atoms with Crippen LogP contribution in [0.4, 0.5) is 4.39 Å². The van der Waals surface area contributed by atoms with Gasteiger partial charge in [-0.15, -0.1) is 0 Å². The fraction of sp³-hybridized carbons (Fsp3) is 0.263. The Kier molecular flexibility index (Phi) is 4.60. The Hall–Kier alpha value is -2.69. The molecule has 2 amide bonds. The third-order valence-electron chi connectivity index (χ3n) is 4.44. The number of hydrogen-bond donors (Lipinski definition) is 1. The molecule has 2 aromatic rings. The van der Waals surface area contributed by atoms with Crippen molar-refractivity contribution < 1.29 is 14.0 Å². The molecule has 24 heavy (non-hydrogen) atoms. The van der Waals surface area contributed by atoms with E-state index in [-0.39, 0.29) is 30.1 Å². The van der Waals surface area contributed by atoms with E-state index in [4.69, 9.17) is 0 Å². The van der Waals surface area contributed by atoms with Crippen molar-refractivity contribution in [3.63, 3.8) is 0 Å². The summed E-state index contributed by atoms with van der Waals surface area (Å²) in [4.78, 5) is 26.3. The summed E-state index contributed by atoms with van der Waals surface area (Å²) in [6.45, 7) is 0.421. The standard InChI is InChI=1S/C19H19FN2O2/c1-22-17(23)11-16(18(22)14-7-9-15(20)10-8-14)19(24)21-12-13-5-3-2-4-6-13/h2-10,16,18H,11-12H2,1H3,(H,21,24)/t16-,18-/m0/s1. The van der Waals surface area contributed by atoms with E-state index in [1.165, 1.54) is 12.1 Å². The molecule has 124 valence electrons. The van der Waals surface area contributed by atoms with Crippen LogP contribution in [0.5, 0.6) is 0 Å². The van der Waals surface area contributed by atoms with Gasteiger partial charge in [0.25, 0.3) is 0 Å². The third kappa shape index (κ3) is 3.30. The number of likely N-dealkylation sites (tertiary alicyclic amines) is 1. The van der Waals surface area contributed by atoms with E-state index in [1.54, 1.807) is 24.1 Å². The average molecular weight is 326 g/mol. The lowest BCUT2D eigenvalue weighted by Crippen LogP contribution is -2.34. The molecule has 2 atom stereocenters. The fourth-order valence-electron chi connectivity index (χ4n) is 3.14. The molecule has 1 N–H and O–H groups in total. The molecule has 0 unspecified atom stereocenters. The second kappa shape index (κ2) is 6.83. The highest BCUT2D eigenvalue weighted by Gasteiger charge is 2.42. The van der Waals surface area contributed by atoms with Gasteiger partial charge in [0.2, 0.25) is 11.8 Å². The average Bonchev–Trinajstić information content (AvgIpc) is 2.90. The third-order valence-corrected chi connectivity index (χ3v) is 4.44. The number of amides is 2. The summed E-state index contributed by atoms with van der Waals surface area (Å²) in [7, 11) is 1.68. The van der Waals surface area contributed by atoms with E-state index in [9.17, 15) is 14.0 Å². The molecule has 1 heterocycles. The zero-order valence-corrected chi connectivity index (χ0v) is 13.4. The smallest absolute Gasteiger partial charge is 0.226 e. The molecule has 1 fully saturated rings. The summed E-state index contributed by atoms with van der Waals surface area (Å²) in [6, 6.07) is 15.2. The molecule has 1 aliphatic heterocycles. The Balaban J connectivity index is 1.75. The lowest BCUT2D eigenvalue weighted by atomic mass is 9.93. The Morgan fingerprint density at radius 3 is 2.50 bits per heavy atom. The summed E-state index contributed by atoms with van der Waals surface area (Å²) in [5.74, 6) is -1.05. The highest BCUT2D eigenvalue weighted by Crippen LogP contribution is 2.37. The van der Waals surface area contributed by atoms with Crippen LogP contribution in [0.2, 0.25) is 0 Å². The lowest BCUT2D eigenvalue weighted by Gasteiger charge is -2.25.